The van der Waals surface area contributed by atoms with Crippen LogP contribution in [0.4, 0.5) is 11.4 Å². The fraction of sp³-hybridized carbons (Fsp3) is 0.333. The highest BCUT2D eigenvalue weighted by Crippen LogP contribution is 2.35. The van der Waals surface area contributed by atoms with Crippen molar-refractivity contribution >= 4 is 27.3 Å². The highest BCUT2D eigenvalue weighted by molar-refractivity contribution is 9.10. The molecule has 2 aromatic carbocycles. The van der Waals surface area contributed by atoms with Crippen molar-refractivity contribution in [3.05, 3.63) is 58.1 Å². The average molecular weight is 345 g/mol. The second kappa shape index (κ2) is 6.63. The molecule has 0 aromatic heterocycles. The third-order valence-electron chi connectivity index (χ3n) is 4.07. The maximum atomic E-state index is 3.63. The van der Waals surface area contributed by atoms with Gasteiger partial charge in [0.2, 0.25) is 0 Å². The molecule has 0 bridgehead atoms. The Balaban J connectivity index is 2.09. The van der Waals surface area contributed by atoms with E-state index in [9.17, 15) is 0 Å². The van der Waals surface area contributed by atoms with Gasteiger partial charge in [-0.05, 0) is 55.6 Å². The smallest absolute Gasteiger partial charge is 0.0467 e. The summed E-state index contributed by atoms with van der Waals surface area (Å²) < 4.78 is 1.14. The Morgan fingerprint density at radius 3 is 2.81 bits per heavy atom. The molecule has 0 saturated heterocycles. The molecule has 1 aliphatic rings. The van der Waals surface area contributed by atoms with Crippen LogP contribution >= 0.6 is 15.9 Å². The molecule has 3 rings (SSSR count). The van der Waals surface area contributed by atoms with E-state index in [0.717, 1.165) is 17.6 Å². The van der Waals surface area contributed by atoms with E-state index in [2.05, 4.69) is 68.6 Å². The van der Waals surface area contributed by atoms with Crippen molar-refractivity contribution in [1.82, 2.24) is 5.32 Å². The molecule has 0 spiro atoms. The lowest BCUT2D eigenvalue weighted by molar-refractivity contribution is 0.755. The zero-order valence-corrected chi connectivity index (χ0v) is 14.0. The number of nitrogens with one attached hydrogen (secondary N) is 1. The van der Waals surface area contributed by atoms with Crippen LogP contribution in [0.25, 0.3) is 0 Å². The minimum absolute atomic E-state index is 0.890. The van der Waals surface area contributed by atoms with Gasteiger partial charge in [0, 0.05) is 28.9 Å². The maximum Gasteiger partial charge on any atom is 0.0467 e. The first-order chi connectivity index (χ1) is 10.3. The summed E-state index contributed by atoms with van der Waals surface area (Å²) in [5.74, 6) is 0. The number of anilines is 2. The predicted molar refractivity (Wildman–Crippen MR) is 93.3 cm³/mol. The Kier molecular flexibility index (Phi) is 4.61. The van der Waals surface area contributed by atoms with E-state index in [-0.39, 0.29) is 0 Å². The van der Waals surface area contributed by atoms with Gasteiger partial charge in [-0.15, -0.1) is 0 Å². The van der Waals surface area contributed by atoms with Crippen molar-refractivity contribution < 1.29 is 0 Å². The second-order valence-corrected chi connectivity index (χ2v) is 6.46. The van der Waals surface area contributed by atoms with Gasteiger partial charge in [-0.2, -0.15) is 0 Å². The van der Waals surface area contributed by atoms with Crippen LogP contribution in [0.5, 0.6) is 0 Å². The van der Waals surface area contributed by atoms with Gasteiger partial charge in [0.1, 0.15) is 0 Å². The van der Waals surface area contributed by atoms with Crippen molar-refractivity contribution in [2.24, 2.45) is 0 Å². The predicted octanol–water partition coefficient (Wildman–Crippen LogP) is 4.64. The number of para-hydroxylation sites is 1. The first-order valence-electron chi connectivity index (χ1n) is 7.58. The van der Waals surface area contributed by atoms with Gasteiger partial charge in [-0.3, -0.25) is 0 Å². The summed E-state index contributed by atoms with van der Waals surface area (Å²) in [6, 6.07) is 15.4. The van der Waals surface area contributed by atoms with E-state index in [1.54, 1.807) is 0 Å². The van der Waals surface area contributed by atoms with Crippen LogP contribution in [0, 0.1) is 0 Å². The van der Waals surface area contributed by atoms with Gasteiger partial charge in [-0.1, -0.05) is 40.2 Å². The number of benzene rings is 2. The quantitative estimate of drug-likeness (QED) is 0.872. The van der Waals surface area contributed by atoms with Gasteiger partial charge < -0.3 is 10.2 Å². The van der Waals surface area contributed by atoms with Crippen LogP contribution in [-0.2, 0) is 13.0 Å². The zero-order chi connectivity index (χ0) is 14.7. The number of hydrogen-bond acceptors (Lipinski definition) is 2. The molecule has 2 aromatic rings. The van der Waals surface area contributed by atoms with Crippen LogP contribution in [0.15, 0.2) is 46.9 Å². The number of fused-ring (bicyclic) bond motifs is 1. The van der Waals surface area contributed by atoms with Gasteiger partial charge in [0.25, 0.3) is 0 Å². The molecular weight excluding hydrogens is 324 g/mol. The summed E-state index contributed by atoms with van der Waals surface area (Å²) in [4.78, 5) is 2.49. The molecule has 0 saturated carbocycles. The van der Waals surface area contributed by atoms with E-state index < -0.39 is 0 Å². The number of hydrogen-bond donors (Lipinski definition) is 1. The number of nitrogens with zero attached hydrogens (tertiary/aromatic N) is 1. The van der Waals surface area contributed by atoms with E-state index in [1.807, 2.05) is 7.05 Å². The Labute approximate surface area is 135 Å². The summed E-state index contributed by atoms with van der Waals surface area (Å²) in [6.45, 7) is 1.98. The minimum Gasteiger partial charge on any atom is -0.341 e. The molecule has 0 unspecified atom stereocenters. The van der Waals surface area contributed by atoms with Crippen LogP contribution < -0.4 is 10.2 Å². The van der Waals surface area contributed by atoms with E-state index in [4.69, 9.17) is 0 Å². The average Bonchev–Trinajstić information content (AvgIpc) is 2.72. The Hall–Kier alpha value is -1.32. The molecule has 1 aliphatic heterocycles. The topological polar surface area (TPSA) is 15.3 Å². The Morgan fingerprint density at radius 1 is 1.10 bits per heavy atom. The highest BCUT2D eigenvalue weighted by Gasteiger charge is 2.18. The molecule has 1 N–H and O–H groups in total. The van der Waals surface area contributed by atoms with Crippen molar-refractivity contribution in [1.29, 1.82) is 0 Å². The van der Waals surface area contributed by atoms with Gasteiger partial charge in [0.05, 0.1) is 0 Å². The van der Waals surface area contributed by atoms with Crippen LogP contribution in [-0.4, -0.2) is 13.6 Å². The first-order valence-corrected chi connectivity index (χ1v) is 8.37. The lowest BCUT2D eigenvalue weighted by atomic mass is 10.1. The van der Waals surface area contributed by atoms with Crippen LogP contribution in [0.2, 0.25) is 0 Å². The zero-order valence-electron chi connectivity index (χ0n) is 12.4. The molecule has 0 atom stereocenters. The summed E-state index contributed by atoms with van der Waals surface area (Å²) in [5, 5.41) is 3.28. The molecule has 0 fully saturated rings. The van der Waals surface area contributed by atoms with Crippen LogP contribution in [0.1, 0.15) is 24.0 Å². The number of halogens is 1. The summed E-state index contributed by atoms with van der Waals surface area (Å²) >= 11 is 3.63. The van der Waals surface area contributed by atoms with E-state index in [1.165, 1.54) is 41.8 Å². The summed E-state index contributed by atoms with van der Waals surface area (Å²) in [7, 11) is 2.00. The minimum atomic E-state index is 0.890. The third-order valence-corrected chi connectivity index (χ3v) is 4.56. The molecule has 0 radical (unpaired) electrons. The molecule has 1 heterocycles. The molecule has 110 valence electrons. The number of rotatable bonds is 3. The van der Waals surface area contributed by atoms with E-state index >= 15 is 0 Å². The molecule has 3 heteroatoms. The molecule has 21 heavy (non-hydrogen) atoms. The molecule has 0 aliphatic carbocycles. The monoisotopic (exact) mass is 344 g/mol. The normalized spacial score (nSPS) is 14.7. The maximum absolute atomic E-state index is 3.63. The third kappa shape index (κ3) is 3.14. The number of aryl methyl sites for hydroxylation is 1. The van der Waals surface area contributed by atoms with Crippen molar-refractivity contribution in [3.8, 4) is 0 Å². The molecule has 2 nitrogen and oxygen atoms in total. The molecular formula is C18H21BrN2. The molecule has 0 amide bonds. The SMILES string of the molecule is CNCc1ccc(Br)cc1N1CCCCc2ccccc21. The Morgan fingerprint density at radius 2 is 1.95 bits per heavy atom. The Bertz CT molecular complexity index is 624. The van der Waals surface area contributed by atoms with E-state index in [0.29, 0.717) is 0 Å². The highest BCUT2D eigenvalue weighted by atomic mass is 79.9. The van der Waals surface area contributed by atoms with Crippen molar-refractivity contribution in [2.75, 3.05) is 18.5 Å². The lowest BCUT2D eigenvalue weighted by Crippen LogP contribution is -2.20. The summed E-state index contributed by atoms with van der Waals surface area (Å²) in [5.41, 5.74) is 5.49. The lowest BCUT2D eigenvalue weighted by Gasteiger charge is -2.27. The van der Waals surface area contributed by atoms with Gasteiger partial charge in [0.15, 0.2) is 0 Å². The second-order valence-electron chi connectivity index (χ2n) is 5.54. The van der Waals surface area contributed by atoms with Crippen molar-refractivity contribution in [3.63, 3.8) is 0 Å². The fourth-order valence-corrected chi connectivity index (χ4v) is 3.42. The first kappa shape index (κ1) is 14.6. The largest absolute Gasteiger partial charge is 0.341 e. The van der Waals surface area contributed by atoms with Crippen LogP contribution in [0.3, 0.4) is 0 Å². The van der Waals surface area contributed by atoms with Gasteiger partial charge >= 0.3 is 0 Å². The standard InChI is InChI=1S/C18H21BrN2/c1-20-13-15-9-10-16(19)12-18(15)21-11-5-4-7-14-6-2-3-8-17(14)21/h2-3,6,8-10,12,20H,4-5,7,11,13H2,1H3. The summed E-state index contributed by atoms with van der Waals surface area (Å²) in [6.07, 6.45) is 3.69. The van der Waals surface area contributed by atoms with Crippen molar-refractivity contribution in [2.45, 2.75) is 25.8 Å². The fourth-order valence-electron chi connectivity index (χ4n) is 3.07. The van der Waals surface area contributed by atoms with Gasteiger partial charge in [-0.25, -0.2) is 0 Å².